The van der Waals surface area contributed by atoms with Crippen molar-refractivity contribution in [3.63, 3.8) is 0 Å². The van der Waals surface area contributed by atoms with Gasteiger partial charge in [0, 0.05) is 22.3 Å². The molecule has 0 radical (unpaired) electrons. The molecule has 86 heavy (non-hydrogen) atoms. The Kier molecular flexibility index (Phi) is 17.9. The summed E-state index contributed by atoms with van der Waals surface area (Å²) in [6, 6.07) is 143. The summed E-state index contributed by atoms with van der Waals surface area (Å²) in [4.78, 5) is 10.1. The van der Waals surface area contributed by atoms with Crippen LogP contribution in [-0.4, -0.2) is 9.97 Å². The van der Waals surface area contributed by atoms with Gasteiger partial charge in [-0.15, -0.1) is 0 Å². The number of benzene rings is 8. The van der Waals surface area contributed by atoms with Gasteiger partial charge in [-0.1, -0.05) is 267 Å². The Morgan fingerprint density at radius 3 is 0.535 bits per heavy atom. The highest BCUT2D eigenvalue weighted by molar-refractivity contribution is 5.81. The fraction of sp³-hybridized carbons (Fsp3) is 0.0238. The normalized spacial score (nSPS) is 9.70. The van der Waals surface area contributed by atoms with E-state index in [9.17, 15) is 0 Å². The van der Waals surface area contributed by atoms with Crippen LogP contribution in [0.15, 0.2) is 267 Å². The van der Waals surface area contributed by atoms with E-state index in [1.165, 1.54) is 0 Å². The molecule has 3 aromatic heterocycles. The Labute approximate surface area is 505 Å². The maximum Gasteiger partial charge on any atom is 0.115 e. The van der Waals surface area contributed by atoms with Gasteiger partial charge in [0.15, 0.2) is 0 Å². The minimum atomic E-state index is 0.521. The van der Waals surface area contributed by atoms with Crippen molar-refractivity contribution in [2.45, 2.75) is 13.8 Å². The largest absolute Gasteiger partial charge is 0.231 e. The number of hydrogen-bond acceptors (Lipinski definition) is 2. The van der Waals surface area contributed by atoms with Crippen molar-refractivity contribution < 1.29 is 0 Å². The molecule has 0 saturated heterocycles. The van der Waals surface area contributed by atoms with Crippen molar-refractivity contribution in [2.75, 3.05) is 0 Å². The Hall–Kier alpha value is -12.5. The van der Waals surface area contributed by atoms with Crippen LogP contribution in [0, 0.1) is 111 Å². The van der Waals surface area contributed by atoms with Crippen LogP contribution >= 0.6 is 0 Å². The summed E-state index contributed by atoms with van der Waals surface area (Å²) in [5, 5.41) is 2.24. The highest BCUT2D eigenvalue weighted by Gasteiger charge is 2.09. The zero-order chi connectivity index (χ0) is 58.5. The first-order valence-electron chi connectivity index (χ1n) is 28.0. The molecular formula is C84H50N2. The quantitative estimate of drug-likeness (QED) is 0.152. The van der Waals surface area contributed by atoms with Crippen molar-refractivity contribution in [3.8, 4) is 0 Å². The Morgan fingerprint density at radius 1 is 0.209 bits per heavy atom. The lowest BCUT2D eigenvalue weighted by Crippen LogP contribution is -2.05. The predicted octanol–water partition coefficient (Wildman–Crippen LogP) is 14.3. The van der Waals surface area contributed by atoms with Gasteiger partial charge in [-0.25, -0.2) is 9.97 Å². The third-order valence-corrected chi connectivity index (χ3v) is 13.6. The smallest absolute Gasteiger partial charge is 0.115 e. The van der Waals surface area contributed by atoms with Crippen LogP contribution in [0.3, 0.4) is 0 Å². The number of pyridine rings is 2. The van der Waals surface area contributed by atoms with Crippen LogP contribution in [0.5, 0.6) is 0 Å². The van der Waals surface area contributed by atoms with Crippen molar-refractivity contribution in [3.05, 3.63) is 440 Å². The molecule has 8 aromatic carbocycles. The minimum Gasteiger partial charge on any atom is -0.231 e. The number of rotatable bonds is 8. The van der Waals surface area contributed by atoms with Crippen LogP contribution in [0.4, 0.5) is 0 Å². The second-order valence-electron chi connectivity index (χ2n) is 19.8. The highest BCUT2D eigenvalue weighted by Crippen LogP contribution is 2.23. The molecule has 396 valence electrons. The standard InChI is InChI=1S/C84H50N2/c1-63-59-77-55-51-73(81(65-31-11-3-12-32-65)66-33-13-4-14-34-66)47-27-29-49-75(83(69-39-19-7-20-40-69)70-41-21-8-22-42-70)53-57-79-61-64(2)62-80(86-79)58-54-76(84(71-43-23-9-24-44-71)72-45-25-10-26-46-72)50-30-28-48-74(52-56-78(60-63)85-77)82(67-35-15-5-16-36-67)68-37-17-6-18-38-68/h3-26,31-46,59-62H,1-2H3. The SMILES string of the molecule is Cc1cc2c#cc(=C(c3ccccc3)c3ccccc3)c#cc#cc(=C(c3ccccc3)c3ccccc3)c#cc3cc(C)cc(c#cc(=C(c4ccccc4)c4ccccc4)c#cc#cc(=C(c4ccccc4)c4ccccc4)c#cc(c1)n2)n3. The number of aryl methyl sites for hydroxylation is 2. The lowest BCUT2D eigenvalue weighted by atomic mass is 9.96. The molecule has 0 amide bonds. The first-order valence-corrected chi connectivity index (χ1v) is 28.0. The van der Waals surface area contributed by atoms with Crippen LogP contribution in [0.2, 0.25) is 0 Å². The molecule has 0 aliphatic carbocycles. The van der Waals surface area contributed by atoms with E-state index < -0.39 is 0 Å². The second-order valence-corrected chi connectivity index (χ2v) is 19.8. The molecule has 4 bridgehead atoms. The van der Waals surface area contributed by atoms with Gasteiger partial charge in [-0.2, -0.15) is 0 Å². The van der Waals surface area contributed by atoms with Crippen molar-refractivity contribution in [1.82, 2.24) is 9.97 Å². The van der Waals surface area contributed by atoms with E-state index in [2.05, 4.69) is 194 Å². The lowest BCUT2D eigenvalue weighted by molar-refractivity contribution is 1.40. The molecule has 0 N–H and O–H groups in total. The third-order valence-electron chi connectivity index (χ3n) is 13.6. The van der Waals surface area contributed by atoms with Crippen LogP contribution in [-0.2, 0) is 0 Å². The summed E-state index contributed by atoms with van der Waals surface area (Å²) >= 11 is 0. The van der Waals surface area contributed by atoms with Gasteiger partial charge in [0.1, 0.15) is 22.1 Å². The molecule has 11 aromatic rings. The van der Waals surface area contributed by atoms with E-state index in [1.807, 2.05) is 184 Å². The van der Waals surface area contributed by atoms with Gasteiger partial charge in [-0.05, 0) is 167 Å². The zero-order valence-electron chi connectivity index (χ0n) is 47.3. The van der Waals surface area contributed by atoms with E-state index in [-0.39, 0.29) is 0 Å². The Bertz CT molecular complexity index is 3940. The number of hydrogen-bond donors (Lipinski definition) is 0. The van der Waals surface area contributed by atoms with Crippen LogP contribution < -0.4 is 20.9 Å². The molecule has 0 atom stereocenters. The maximum atomic E-state index is 5.06. The zero-order valence-corrected chi connectivity index (χ0v) is 47.3. The fourth-order valence-corrected chi connectivity index (χ4v) is 9.76. The summed E-state index contributed by atoms with van der Waals surface area (Å²) < 4.78 is 0. The predicted molar refractivity (Wildman–Crippen MR) is 344 cm³/mol. The van der Waals surface area contributed by atoms with Crippen molar-refractivity contribution in [2.24, 2.45) is 0 Å². The first-order chi connectivity index (χ1) is 42.5. The summed E-state index contributed by atoms with van der Waals surface area (Å²) in [5.74, 6) is 0. The Morgan fingerprint density at radius 2 is 0.372 bits per heavy atom. The molecule has 11 rings (SSSR count). The van der Waals surface area contributed by atoms with E-state index in [0.717, 1.165) is 77.9 Å². The second kappa shape index (κ2) is 27.8. The fourth-order valence-electron chi connectivity index (χ4n) is 9.76. The first kappa shape index (κ1) is 55.4. The molecular weight excluding hydrogens is 1040 g/mol. The number of aromatic nitrogens is 2. The average Bonchev–Trinajstić information content (AvgIpc) is 3.71. The van der Waals surface area contributed by atoms with Crippen molar-refractivity contribution >= 4 is 44.4 Å². The van der Waals surface area contributed by atoms with Crippen LogP contribution in [0.1, 0.15) is 55.6 Å². The average molecular weight is 1090 g/mol. The van der Waals surface area contributed by atoms with E-state index >= 15 is 0 Å². The maximum absolute atomic E-state index is 5.06. The molecule has 0 aliphatic rings. The molecule has 3 heterocycles. The van der Waals surface area contributed by atoms with Crippen LogP contribution in [0.25, 0.3) is 44.4 Å². The van der Waals surface area contributed by atoms with E-state index in [0.29, 0.717) is 42.9 Å². The molecule has 2 heteroatoms. The summed E-state index contributed by atoms with van der Waals surface area (Å²) in [5.41, 5.74) is 14.9. The summed E-state index contributed by atoms with van der Waals surface area (Å²) in [7, 11) is 0. The number of nitrogens with zero attached hydrogens (tertiary/aromatic N) is 2. The monoisotopic (exact) mass is 1090 g/mol. The molecule has 0 unspecified atom stereocenters. The van der Waals surface area contributed by atoms with Gasteiger partial charge < -0.3 is 0 Å². The molecule has 0 saturated carbocycles. The minimum absolute atomic E-state index is 0.521. The molecule has 2 nitrogen and oxygen atoms in total. The summed E-state index contributed by atoms with van der Waals surface area (Å²) in [6.07, 6.45) is 0. The lowest BCUT2D eigenvalue weighted by Gasteiger charge is -2.06. The Balaban J connectivity index is 1.30. The molecule has 0 spiro atoms. The van der Waals surface area contributed by atoms with Gasteiger partial charge in [-0.3, -0.25) is 0 Å². The third kappa shape index (κ3) is 14.3. The highest BCUT2D eigenvalue weighted by atomic mass is 14.7. The van der Waals surface area contributed by atoms with E-state index in [4.69, 9.17) is 9.97 Å². The molecule has 0 fully saturated rings. The van der Waals surface area contributed by atoms with Crippen molar-refractivity contribution in [1.29, 1.82) is 0 Å². The molecule has 0 aliphatic heterocycles. The van der Waals surface area contributed by atoms with Gasteiger partial charge >= 0.3 is 0 Å². The van der Waals surface area contributed by atoms with E-state index in [1.54, 1.807) is 0 Å². The topological polar surface area (TPSA) is 25.8 Å². The van der Waals surface area contributed by atoms with Gasteiger partial charge in [0.2, 0.25) is 0 Å². The van der Waals surface area contributed by atoms with Gasteiger partial charge in [0.05, 0.1) is 20.9 Å². The number of fused-ring (bicyclic) bond motifs is 4. The van der Waals surface area contributed by atoms with Gasteiger partial charge in [0.25, 0.3) is 0 Å². The summed E-state index contributed by atoms with van der Waals surface area (Å²) in [6.45, 7) is 4.03.